The number of carbonyl (C=O) groups excluding carboxylic acids is 3. The fourth-order valence-corrected chi connectivity index (χ4v) is 8.28. The van der Waals surface area contributed by atoms with Crippen molar-refractivity contribution in [3.8, 4) is 0 Å². The summed E-state index contributed by atoms with van der Waals surface area (Å²) < 4.78 is 39.4. The lowest BCUT2D eigenvalue weighted by molar-refractivity contribution is -0.161. The number of hydrogen-bond acceptors (Lipinski definition) is 10. The maximum Gasteiger partial charge on any atom is 0.472 e. The van der Waals surface area contributed by atoms with Crippen molar-refractivity contribution in [1.29, 1.82) is 0 Å². The third-order valence-electron chi connectivity index (χ3n) is 11.8. The number of aliphatic hydroxyl groups is 1. The van der Waals surface area contributed by atoms with Crippen LogP contribution in [-0.4, -0.2) is 66.5 Å². The van der Waals surface area contributed by atoms with Gasteiger partial charge in [0.15, 0.2) is 6.10 Å². The Balaban J connectivity index is 4.76. The first kappa shape index (κ1) is 68.7. The molecule has 3 unspecified atom stereocenters. The summed E-state index contributed by atoms with van der Waals surface area (Å²) in [6, 6.07) is 0. The third kappa shape index (κ3) is 51.6. The number of esters is 3. The van der Waals surface area contributed by atoms with Gasteiger partial charge in [0.2, 0.25) is 0 Å². The van der Waals surface area contributed by atoms with Gasteiger partial charge in [-0.05, 0) is 109 Å². The first-order valence-corrected chi connectivity index (χ1v) is 30.0. The van der Waals surface area contributed by atoms with E-state index >= 15 is 0 Å². The number of rotatable bonds is 52. The van der Waals surface area contributed by atoms with Gasteiger partial charge in [0, 0.05) is 19.3 Å². The van der Waals surface area contributed by atoms with Gasteiger partial charge in [-0.2, -0.15) is 0 Å². The number of phosphoric acid groups is 1. The van der Waals surface area contributed by atoms with Crippen LogP contribution in [0.15, 0.2) is 85.1 Å². The minimum atomic E-state index is -4.76. The number of carbonyl (C=O) groups is 3. The molecule has 3 atom stereocenters. The zero-order valence-electron chi connectivity index (χ0n) is 45.6. The van der Waals surface area contributed by atoms with Crippen LogP contribution in [-0.2, 0) is 42.2 Å². The Bertz CT molecular complexity index is 1530. The topological polar surface area (TPSA) is 155 Å². The molecule has 11 nitrogen and oxygen atoms in total. The fourth-order valence-electron chi connectivity index (χ4n) is 7.50. The molecular formula is C60H103O11P. The van der Waals surface area contributed by atoms with Gasteiger partial charge in [0.25, 0.3) is 0 Å². The summed E-state index contributed by atoms with van der Waals surface area (Å²) in [6.07, 6.45) is 61.3. The molecule has 0 bridgehead atoms. The number of phosphoric ester groups is 1. The number of aliphatic hydroxyl groups excluding tert-OH is 1. The number of unbranched alkanes of at least 4 members (excludes halogenated alkanes) is 21. The number of hydrogen-bond donors (Lipinski definition) is 2. The molecule has 0 aliphatic rings. The highest BCUT2D eigenvalue weighted by Crippen LogP contribution is 2.43. The molecule has 0 heterocycles. The third-order valence-corrected chi connectivity index (χ3v) is 12.7. The monoisotopic (exact) mass is 1030 g/mol. The molecule has 414 valence electrons. The highest BCUT2D eigenvalue weighted by Gasteiger charge is 2.28. The Morgan fingerprint density at radius 3 is 1.14 bits per heavy atom. The van der Waals surface area contributed by atoms with Gasteiger partial charge >= 0.3 is 25.7 Å². The Hall–Kier alpha value is -3.34. The van der Waals surface area contributed by atoms with E-state index in [1.807, 2.05) is 0 Å². The molecule has 0 saturated heterocycles. The van der Waals surface area contributed by atoms with Crippen molar-refractivity contribution in [3.63, 3.8) is 0 Å². The van der Waals surface area contributed by atoms with Gasteiger partial charge < -0.3 is 24.2 Å². The molecule has 0 aromatic heterocycles. The molecule has 0 rings (SSSR count). The second-order valence-corrected chi connectivity index (χ2v) is 20.1. The summed E-state index contributed by atoms with van der Waals surface area (Å²) in [6.45, 7) is 4.34. The predicted octanol–water partition coefficient (Wildman–Crippen LogP) is 16.7. The van der Waals surface area contributed by atoms with Gasteiger partial charge in [-0.25, -0.2) is 4.57 Å². The van der Waals surface area contributed by atoms with Crippen molar-refractivity contribution in [2.24, 2.45) is 0 Å². The molecule has 0 saturated carbocycles. The molecular weight excluding hydrogens is 928 g/mol. The van der Waals surface area contributed by atoms with E-state index in [4.69, 9.17) is 23.3 Å². The van der Waals surface area contributed by atoms with Crippen molar-refractivity contribution in [1.82, 2.24) is 0 Å². The van der Waals surface area contributed by atoms with Crippen LogP contribution in [0.4, 0.5) is 0 Å². The lowest BCUT2D eigenvalue weighted by Crippen LogP contribution is -2.30. The van der Waals surface area contributed by atoms with E-state index in [1.54, 1.807) is 0 Å². The SMILES string of the molecule is CC/C=C\C/C=C\C/C=C\CCCCCC(=O)OCC(COP(=O)(O)OCC(CO)OC(=O)CCCCC/C=C\C/C=C\C/C=C\CC)OC(=O)CCCCCCCCCCC/C=C\CCCCCCCC. The molecule has 72 heavy (non-hydrogen) atoms. The molecule has 12 heteroatoms. The van der Waals surface area contributed by atoms with E-state index in [2.05, 4.69) is 106 Å². The number of allylic oxidation sites excluding steroid dienone is 14. The first-order chi connectivity index (χ1) is 35.2. The maximum atomic E-state index is 12.9. The zero-order chi connectivity index (χ0) is 52.7. The molecule has 0 radical (unpaired) electrons. The number of ether oxygens (including phenoxy) is 3. The summed E-state index contributed by atoms with van der Waals surface area (Å²) >= 11 is 0. The highest BCUT2D eigenvalue weighted by molar-refractivity contribution is 7.47. The highest BCUT2D eigenvalue weighted by atomic mass is 31.2. The molecule has 0 spiro atoms. The summed E-state index contributed by atoms with van der Waals surface area (Å²) in [4.78, 5) is 48.5. The summed E-state index contributed by atoms with van der Waals surface area (Å²) in [7, 11) is -4.76. The van der Waals surface area contributed by atoms with Crippen molar-refractivity contribution in [3.05, 3.63) is 85.1 Å². The Labute approximate surface area is 439 Å². The first-order valence-electron chi connectivity index (χ1n) is 28.5. The van der Waals surface area contributed by atoms with Crippen LogP contribution >= 0.6 is 7.82 Å². The quantitative estimate of drug-likeness (QED) is 0.0197. The van der Waals surface area contributed by atoms with Gasteiger partial charge in [-0.1, -0.05) is 196 Å². The maximum absolute atomic E-state index is 12.9. The Kier molecular flexibility index (Phi) is 51.4. The predicted molar refractivity (Wildman–Crippen MR) is 298 cm³/mol. The molecule has 0 aliphatic heterocycles. The van der Waals surface area contributed by atoms with E-state index in [0.717, 1.165) is 96.3 Å². The van der Waals surface area contributed by atoms with Crippen LogP contribution in [0.25, 0.3) is 0 Å². The van der Waals surface area contributed by atoms with Crippen LogP contribution in [0.3, 0.4) is 0 Å². The van der Waals surface area contributed by atoms with Crippen molar-refractivity contribution in [2.45, 2.75) is 251 Å². The smallest absolute Gasteiger partial charge is 0.462 e. The van der Waals surface area contributed by atoms with Crippen LogP contribution < -0.4 is 0 Å². The van der Waals surface area contributed by atoms with Crippen LogP contribution in [0, 0.1) is 0 Å². The van der Waals surface area contributed by atoms with E-state index in [9.17, 15) is 28.9 Å². The summed E-state index contributed by atoms with van der Waals surface area (Å²) in [5.74, 6) is -1.53. The second kappa shape index (κ2) is 53.9. The molecule has 0 amide bonds. The van der Waals surface area contributed by atoms with E-state index in [-0.39, 0.29) is 25.9 Å². The second-order valence-electron chi connectivity index (χ2n) is 18.7. The average molecular weight is 1030 g/mol. The van der Waals surface area contributed by atoms with Crippen molar-refractivity contribution >= 4 is 25.7 Å². The Morgan fingerprint density at radius 1 is 0.403 bits per heavy atom. The van der Waals surface area contributed by atoms with Gasteiger partial charge in [0.1, 0.15) is 12.7 Å². The van der Waals surface area contributed by atoms with Gasteiger partial charge in [-0.15, -0.1) is 0 Å². The molecule has 2 N–H and O–H groups in total. The van der Waals surface area contributed by atoms with E-state index < -0.39 is 57.8 Å². The average Bonchev–Trinajstić information content (AvgIpc) is 3.37. The van der Waals surface area contributed by atoms with Gasteiger partial charge in [0.05, 0.1) is 19.8 Å². The minimum absolute atomic E-state index is 0.137. The molecule has 0 aliphatic carbocycles. The van der Waals surface area contributed by atoms with E-state index in [0.29, 0.717) is 19.3 Å². The summed E-state index contributed by atoms with van der Waals surface area (Å²) in [5, 5.41) is 9.79. The summed E-state index contributed by atoms with van der Waals surface area (Å²) in [5.41, 5.74) is 0. The van der Waals surface area contributed by atoms with Crippen molar-refractivity contribution in [2.75, 3.05) is 26.4 Å². The molecule has 0 aromatic carbocycles. The molecule has 0 fully saturated rings. The van der Waals surface area contributed by atoms with Crippen LogP contribution in [0.5, 0.6) is 0 Å². The zero-order valence-corrected chi connectivity index (χ0v) is 46.5. The van der Waals surface area contributed by atoms with Gasteiger partial charge in [-0.3, -0.25) is 23.4 Å². The molecule has 0 aromatic rings. The lowest BCUT2D eigenvalue weighted by Gasteiger charge is -2.21. The lowest BCUT2D eigenvalue weighted by atomic mass is 10.1. The minimum Gasteiger partial charge on any atom is -0.462 e. The van der Waals surface area contributed by atoms with Crippen LogP contribution in [0.1, 0.15) is 239 Å². The van der Waals surface area contributed by atoms with Crippen LogP contribution in [0.2, 0.25) is 0 Å². The standard InChI is InChI=1S/C60H103O11P/c1-4-7-10-13-16-19-22-25-26-27-28-29-30-33-36-39-42-45-48-51-60(64)71-57(53-67-58(62)49-46-43-40-37-34-31-23-20-17-14-11-8-5-2)55-69-72(65,66)68-54-56(52-61)70-59(63)50-47-44-41-38-35-32-24-21-18-15-12-9-6-3/h8-9,11-12,17-18,20-21,25-26,31-32,34-35,56-57,61H,4-7,10,13-16,19,22-24,27-30,33,36-55H2,1-3H3,(H,65,66)/b11-8-,12-9-,20-17-,21-18-,26-25-,34-31-,35-32-. The largest absolute Gasteiger partial charge is 0.472 e. The van der Waals surface area contributed by atoms with Crippen molar-refractivity contribution < 1.29 is 52.2 Å². The Morgan fingerprint density at radius 2 is 0.722 bits per heavy atom. The fraction of sp³-hybridized carbons (Fsp3) is 0.717. The van der Waals surface area contributed by atoms with E-state index in [1.165, 1.54) is 83.5 Å². The normalized spacial score (nSPS) is 14.0.